The molecule has 4 nitrogen and oxygen atoms in total. The first-order chi connectivity index (χ1) is 11.1. The summed E-state index contributed by atoms with van der Waals surface area (Å²) in [6.07, 6.45) is 3.75. The van der Waals surface area contributed by atoms with Crippen molar-refractivity contribution < 1.29 is 9.53 Å². The maximum absolute atomic E-state index is 12.8. The van der Waals surface area contributed by atoms with Gasteiger partial charge in [-0.05, 0) is 43.0 Å². The SMILES string of the molecule is COc1ccc(NC(=O)C2(Cc3ccccc3)CCC2)cc1N. The Kier molecular flexibility index (Phi) is 4.24. The first-order valence-electron chi connectivity index (χ1n) is 7.92. The third kappa shape index (κ3) is 3.16. The zero-order chi connectivity index (χ0) is 16.3. The number of methoxy groups -OCH3 is 1. The number of hydrogen-bond acceptors (Lipinski definition) is 3. The molecule has 0 aliphatic heterocycles. The van der Waals surface area contributed by atoms with Crippen molar-refractivity contribution in [2.75, 3.05) is 18.2 Å². The maximum Gasteiger partial charge on any atom is 0.230 e. The summed E-state index contributed by atoms with van der Waals surface area (Å²) in [6, 6.07) is 15.5. The number of nitrogens with two attached hydrogens (primary N) is 1. The molecule has 0 radical (unpaired) electrons. The van der Waals surface area contributed by atoms with Crippen LogP contribution in [0.1, 0.15) is 24.8 Å². The van der Waals surface area contributed by atoms with Crippen LogP contribution in [-0.2, 0) is 11.2 Å². The first kappa shape index (κ1) is 15.4. The van der Waals surface area contributed by atoms with E-state index in [0.29, 0.717) is 17.1 Å². The second-order valence-electron chi connectivity index (χ2n) is 6.21. The van der Waals surface area contributed by atoms with Gasteiger partial charge in [-0.25, -0.2) is 0 Å². The Morgan fingerprint density at radius 2 is 1.96 bits per heavy atom. The fourth-order valence-electron chi connectivity index (χ4n) is 3.15. The number of ether oxygens (including phenoxy) is 1. The Hall–Kier alpha value is -2.49. The fourth-order valence-corrected chi connectivity index (χ4v) is 3.15. The van der Waals surface area contributed by atoms with Crippen molar-refractivity contribution >= 4 is 17.3 Å². The van der Waals surface area contributed by atoms with Crippen molar-refractivity contribution in [3.05, 3.63) is 54.1 Å². The van der Waals surface area contributed by atoms with E-state index >= 15 is 0 Å². The number of rotatable bonds is 5. The zero-order valence-corrected chi connectivity index (χ0v) is 13.3. The lowest BCUT2D eigenvalue weighted by Crippen LogP contribution is -2.43. The summed E-state index contributed by atoms with van der Waals surface area (Å²) < 4.78 is 5.15. The number of benzene rings is 2. The number of anilines is 2. The third-order valence-electron chi connectivity index (χ3n) is 4.67. The summed E-state index contributed by atoms with van der Waals surface area (Å²) in [5.41, 5.74) is 8.06. The van der Waals surface area contributed by atoms with Crippen LogP contribution in [0.15, 0.2) is 48.5 Å². The van der Waals surface area contributed by atoms with Crippen LogP contribution in [-0.4, -0.2) is 13.0 Å². The highest BCUT2D eigenvalue weighted by Crippen LogP contribution is 2.44. The van der Waals surface area contributed by atoms with Crippen molar-refractivity contribution in [3.63, 3.8) is 0 Å². The molecular formula is C19H22N2O2. The minimum atomic E-state index is -0.296. The Morgan fingerprint density at radius 3 is 2.52 bits per heavy atom. The van der Waals surface area contributed by atoms with Crippen LogP contribution in [0.5, 0.6) is 5.75 Å². The molecule has 2 aromatic rings. The molecule has 1 saturated carbocycles. The standard InChI is InChI=1S/C19H22N2O2/c1-23-17-9-8-15(12-16(17)20)21-18(22)19(10-5-11-19)13-14-6-3-2-4-7-14/h2-4,6-9,12H,5,10-11,13,20H2,1H3,(H,21,22). The molecule has 23 heavy (non-hydrogen) atoms. The Bertz CT molecular complexity index is 694. The summed E-state index contributed by atoms with van der Waals surface area (Å²) in [6.45, 7) is 0. The number of carbonyl (C=O) groups is 1. The normalized spacial score (nSPS) is 15.5. The first-order valence-corrected chi connectivity index (χ1v) is 7.92. The largest absolute Gasteiger partial charge is 0.495 e. The van der Waals surface area contributed by atoms with Crippen LogP contribution in [0.3, 0.4) is 0 Å². The Balaban J connectivity index is 1.74. The summed E-state index contributed by atoms with van der Waals surface area (Å²) in [7, 11) is 1.58. The van der Waals surface area contributed by atoms with E-state index in [1.54, 1.807) is 19.2 Å². The minimum absolute atomic E-state index is 0.0807. The van der Waals surface area contributed by atoms with Crippen molar-refractivity contribution in [3.8, 4) is 5.75 Å². The molecule has 3 N–H and O–H groups in total. The smallest absolute Gasteiger partial charge is 0.230 e. The van der Waals surface area contributed by atoms with Gasteiger partial charge in [0, 0.05) is 5.69 Å². The van der Waals surface area contributed by atoms with Crippen LogP contribution in [0.25, 0.3) is 0 Å². The second kappa shape index (κ2) is 6.32. The van der Waals surface area contributed by atoms with E-state index in [0.717, 1.165) is 25.7 Å². The lowest BCUT2D eigenvalue weighted by atomic mass is 9.64. The van der Waals surface area contributed by atoms with Gasteiger partial charge in [-0.15, -0.1) is 0 Å². The van der Waals surface area contributed by atoms with Gasteiger partial charge in [0.25, 0.3) is 0 Å². The zero-order valence-electron chi connectivity index (χ0n) is 13.3. The molecule has 0 heterocycles. The molecule has 120 valence electrons. The fraction of sp³-hybridized carbons (Fsp3) is 0.316. The monoisotopic (exact) mass is 310 g/mol. The number of hydrogen-bond donors (Lipinski definition) is 2. The predicted molar refractivity (Wildman–Crippen MR) is 92.5 cm³/mol. The number of nitrogens with one attached hydrogen (secondary N) is 1. The lowest BCUT2D eigenvalue weighted by Gasteiger charge is -2.40. The third-order valence-corrected chi connectivity index (χ3v) is 4.67. The molecule has 0 aromatic heterocycles. The molecule has 0 unspecified atom stereocenters. The summed E-state index contributed by atoms with van der Waals surface area (Å²) in [5, 5.41) is 3.02. The average molecular weight is 310 g/mol. The highest BCUT2D eigenvalue weighted by molar-refractivity contribution is 5.96. The molecule has 0 atom stereocenters. The highest BCUT2D eigenvalue weighted by atomic mass is 16.5. The molecule has 3 rings (SSSR count). The molecular weight excluding hydrogens is 288 g/mol. The van der Waals surface area contributed by atoms with Crippen LogP contribution >= 0.6 is 0 Å². The molecule has 1 aliphatic carbocycles. The molecule has 0 bridgehead atoms. The average Bonchev–Trinajstić information content (AvgIpc) is 2.52. The van der Waals surface area contributed by atoms with Gasteiger partial charge in [0.05, 0.1) is 18.2 Å². The van der Waals surface area contributed by atoms with Crippen LogP contribution < -0.4 is 15.8 Å². The molecule has 1 aliphatic rings. The van der Waals surface area contributed by atoms with Crippen LogP contribution in [0.4, 0.5) is 11.4 Å². The molecule has 4 heteroatoms. The van der Waals surface area contributed by atoms with Crippen molar-refractivity contribution in [1.82, 2.24) is 0 Å². The van der Waals surface area contributed by atoms with E-state index < -0.39 is 0 Å². The lowest BCUT2D eigenvalue weighted by molar-refractivity contribution is -0.130. The summed E-state index contributed by atoms with van der Waals surface area (Å²) in [4.78, 5) is 12.8. The number of nitrogen functional groups attached to an aromatic ring is 1. The molecule has 2 aromatic carbocycles. The van der Waals surface area contributed by atoms with Gasteiger partial charge >= 0.3 is 0 Å². The molecule has 0 spiro atoms. The van der Waals surface area contributed by atoms with E-state index in [9.17, 15) is 4.79 Å². The van der Waals surface area contributed by atoms with Gasteiger partial charge in [0.1, 0.15) is 5.75 Å². The summed E-state index contributed by atoms with van der Waals surface area (Å²) in [5.74, 6) is 0.697. The van der Waals surface area contributed by atoms with E-state index in [-0.39, 0.29) is 11.3 Å². The molecule has 1 amide bonds. The van der Waals surface area contributed by atoms with Crippen LogP contribution in [0, 0.1) is 5.41 Å². The Labute approximate surface area is 136 Å². The topological polar surface area (TPSA) is 64.3 Å². The maximum atomic E-state index is 12.8. The minimum Gasteiger partial charge on any atom is -0.495 e. The summed E-state index contributed by atoms with van der Waals surface area (Å²) >= 11 is 0. The van der Waals surface area contributed by atoms with Gasteiger partial charge in [-0.1, -0.05) is 36.8 Å². The highest BCUT2D eigenvalue weighted by Gasteiger charge is 2.43. The van der Waals surface area contributed by atoms with Gasteiger partial charge in [0.15, 0.2) is 0 Å². The van der Waals surface area contributed by atoms with Crippen molar-refractivity contribution in [2.24, 2.45) is 5.41 Å². The van der Waals surface area contributed by atoms with Gasteiger partial charge in [-0.2, -0.15) is 0 Å². The predicted octanol–water partition coefficient (Wildman–Crippen LogP) is 3.63. The Morgan fingerprint density at radius 1 is 1.22 bits per heavy atom. The second-order valence-corrected chi connectivity index (χ2v) is 6.21. The van der Waals surface area contributed by atoms with E-state index in [1.807, 2.05) is 24.3 Å². The van der Waals surface area contributed by atoms with Crippen LogP contribution in [0.2, 0.25) is 0 Å². The molecule has 1 fully saturated rings. The number of carbonyl (C=O) groups excluding carboxylic acids is 1. The number of amides is 1. The van der Waals surface area contributed by atoms with E-state index in [1.165, 1.54) is 5.56 Å². The quantitative estimate of drug-likeness (QED) is 0.829. The van der Waals surface area contributed by atoms with Crippen molar-refractivity contribution in [2.45, 2.75) is 25.7 Å². The molecule has 0 saturated heterocycles. The van der Waals surface area contributed by atoms with E-state index in [2.05, 4.69) is 17.4 Å². The van der Waals surface area contributed by atoms with Gasteiger partial charge in [-0.3, -0.25) is 4.79 Å². The van der Waals surface area contributed by atoms with Gasteiger partial charge in [0.2, 0.25) is 5.91 Å². The van der Waals surface area contributed by atoms with E-state index in [4.69, 9.17) is 10.5 Å². The van der Waals surface area contributed by atoms with Gasteiger partial charge < -0.3 is 15.8 Å². The van der Waals surface area contributed by atoms with Crippen molar-refractivity contribution in [1.29, 1.82) is 0 Å².